The first-order chi connectivity index (χ1) is 10.7. The lowest BCUT2D eigenvalue weighted by atomic mass is 9.46. The zero-order valence-corrected chi connectivity index (χ0v) is 13.9. The van der Waals surface area contributed by atoms with Crippen LogP contribution in [0.2, 0.25) is 0 Å². The number of hydrogen-bond acceptors (Lipinski definition) is 3. The molecule has 4 heteroatoms. The van der Waals surface area contributed by atoms with Crippen LogP contribution in [0.1, 0.15) is 58.8 Å². The van der Waals surface area contributed by atoms with E-state index in [1.807, 2.05) is 0 Å². The first-order valence-electron chi connectivity index (χ1n) is 8.81. The van der Waals surface area contributed by atoms with Crippen LogP contribution in [-0.2, 0) is 4.79 Å². The van der Waals surface area contributed by atoms with Crippen LogP contribution in [0.25, 0.3) is 0 Å². The number of carbonyl (C=O) groups excluding carboxylic acids is 1. The summed E-state index contributed by atoms with van der Waals surface area (Å²) < 4.78 is 16.4. The van der Waals surface area contributed by atoms with Gasteiger partial charge in [0, 0.05) is 0 Å². The van der Waals surface area contributed by atoms with Crippen LogP contribution < -0.4 is 0 Å². The summed E-state index contributed by atoms with van der Waals surface area (Å²) in [6, 6.07) is 0. The Balaban J connectivity index is 1.83. The maximum atomic E-state index is 16.4. The number of ketones is 1. The first kappa shape index (κ1) is 15.2. The predicted molar refractivity (Wildman–Crippen MR) is 84.7 cm³/mol. The third kappa shape index (κ3) is 1.62. The van der Waals surface area contributed by atoms with Gasteiger partial charge in [-0.05, 0) is 74.3 Å². The number of fused-ring (bicyclic) bond motifs is 5. The summed E-state index contributed by atoms with van der Waals surface area (Å²) in [7, 11) is 0. The summed E-state index contributed by atoms with van der Waals surface area (Å²) in [4.78, 5) is 12.8. The second-order valence-electron chi connectivity index (χ2n) is 8.52. The Morgan fingerprint density at radius 3 is 2.61 bits per heavy atom. The molecular weight excluding hydrogens is 295 g/mol. The lowest BCUT2D eigenvalue weighted by Gasteiger charge is -2.59. The molecule has 0 bridgehead atoms. The molecule has 0 heterocycles. The molecule has 0 aromatic rings. The fraction of sp³-hybridized carbons (Fsp3) is 0.737. The van der Waals surface area contributed by atoms with Crippen molar-refractivity contribution >= 4 is 5.78 Å². The molecule has 4 rings (SSSR count). The molecule has 0 aromatic heterocycles. The fourth-order valence-corrected chi connectivity index (χ4v) is 6.24. The summed E-state index contributed by atoms with van der Waals surface area (Å²) in [5.74, 6) is -1.52. The molecule has 2 N–H and O–H groups in total. The van der Waals surface area contributed by atoms with Gasteiger partial charge in [-0.15, -0.1) is 0 Å². The molecule has 0 amide bonds. The standard InChI is InChI=1S/C19H25FO3/c1-17-7-3-4-12(17)13-6-5-11-10-14(21)15(22)16(23)18(11,2)19(13,20)9-8-17/h10,12-13,21-22H,3-9H2,1-2H3/t12-,13-,17-,18+,19+/m0/s1. The Morgan fingerprint density at radius 2 is 1.87 bits per heavy atom. The number of allylic oxidation sites excluding steroid dienone is 3. The van der Waals surface area contributed by atoms with Crippen molar-refractivity contribution in [2.45, 2.75) is 64.5 Å². The van der Waals surface area contributed by atoms with Crippen molar-refractivity contribution in [1.29, 1.82) is 0 Å². The molecule has 126 valence electrons. The Hall–Kier alpha value is -1.32. The molecule has 5 atom stereocenters. The summed E-state index contributed by atoms with van der Waals surface area (Å²) >= 11 is 0. The van der Waals surface area contributed by atoms with Gasteiger partial charge < -0.3 is 10.2 Å². The summed E-state index contributed by atoms with van der Waals surface area (Å²) in [6.45, 7) is 3.93. The van der Waals surface area contributed by atoms with Gasteiger partial charge in [0.25, 0.3) is 0 Å². The van der Waals surface area contributed by atoms with E-state index in [1.54, 1.807) is 6.92 Å². The molecule has 0 aliphatic heterocycles. The van der Waals surface area contributed by atoms with Crippen LogP contribution in [0, 0.1) is 22.7 Å². The van der Waals surface area contributed by atoms with Crippen molar-refractivity contribution in [3.05, 3.63) is 23.2 Å². The van der Waals surface area contributed by atoms with Gasteiger partial charge in [-0.1, -0.05) is 13.3 Å². The summed E-state index contributed by atoms with van der Waals surface area (Å²) in [5.41, 5.74) is -2.08. The van der Waals surface area contributed by atoms with E-state index in [1.165, 1.54) is 6.08 Å². The minimum absolute atomic E-state index is 0.122. The maximum absolute atomic E-state index is 16.4. The minimum atomic E-state index is -1.61. The highest BCUT2D eigenvalue weighted by Crippen LogP contribution is 2.67. The number of hydrogen-bond donors (Lipinski definition) is 2. The molecule has 4 aliphatic rings. The molecule has 3 saturated carbocycles. The average Bonchev–Trinajstić information content (AvgIpc) is 2.90. The molecule has 0 saturated heterocycles. The summed E-state index contributed by atoms with van der Waals surface area (Å²) in [5, 5.41) is 19.7. The quantitative estimate of drug-likeness (QED) is 0.688. The predicted octanol–water partition coefficient (Wildman–Crippen LogP) is 4.55. The van der Waals surface area contributed by atoms with Crippen LogP contribution in [0.5, 0.6) is 0 Å². The molecule has 3 fully saturated rings. The molecule has 4 aliphatic carbocycles. The molecule has 0 unspecified atom stereocenters. The number of halogens is 1. The smallest absolute Gasteiger partial charge is 0.214 e. The highest BCUT2D eigenvalue weighted by molar-refractivity contribution is 6.03. The van der Waals surface area contributed by atoms with E-state index >= 15 is 4.39 Å². The Bertz CT molecular complexity index is 651. The highest BCUT2D eigenvalue weighted by atomic mass is 19.1. The van der Waals surface area contributed by atoms with Crippen molar-refractivity contribution in [1.82, 2.24) is 0 Å². The zero-order valence-electron chi connectivity index (χ0n) is 13.9. The van der Waals surface area contributed by atoms with E-state index in [-0.39, 0.29) is 11.3 Å². The van der Waals surface area contributed by atoms with Gasteiger partial charge in [0.05, 0.1) is 5.41 Å². The number of carbonyl (C=O) groups is 1. The lowest BCUT2D eigenvalue weighted by Crippen LogP contribution is -2.62. The highest BCUT2D eigenvalue weighted by Gasteiger charge is 2.68. The molecule has 23 heavy (non-hydrogen) atoms. The van der Waals surface area contributed by atoms with Gasteiger partial charge in [0.15, 0.2) is 5.76 Å². The lowest BCUT2D eigenvalue weighted by molar-refractivity contribution is -0.159. The van der Waals surface area contributed by atoms with Gasteiger partial charge in [0.2, 0.25) is 11.5 Å². The monoisotopic (exact) mass is 320 g/mol. The van der Waals surface area contributed by atoms with E-state index in [2.05, 4.69) is 6.92 Å². The van der Waals surface area contributed by atoms with Gasteiger partial charge in [0.1, 0.15) is 5.67 Å². The van der Waals surface area contributed by atoms with E-state index < -0.39 is 28.4 Å². The average molecular weight is 320 g/mol. The Labute approximate surface area is 136 Å². The van der Waals surface area contributed by atoms with Gasteiger partial charge in [-0.3, -0.25) is 4.79 Å². The van der Waals surface area contributed by atoms with Crippen molar-refractivity contribution in [3.8, 4) is 0 Å². The van der Waals surface area contributed by atoms with E-state index in [0.29, 0.717) is 24.3 Å². The molecular formula is C19H25FO3. The zero-order chi connectivity index (χ0) is 16.6. The second-order valence-corrected chi connectivity index (χ2v) is 8.52. The molecule has 0 radical (unpaired) electrons. The fourth-order valence-electron chi connectivity index (χ4n) is 6.24. The normalized spacial score (nSPS) is 49.3. The Kier molecular flexibility index (Phi) is 2.91. The van der Waals surface area contributed by atoms with Crippen molar-refractivity contribution in [2.75, 3.05) is 0 Å². The topological polar surface area (TPSA) is 57.5 Å². The number of rotatable bonds is 0. The number of aliphatic hydroxyl groups is 2. The number of aliphatic hydroxyl groups excluding tert-OH is 2. The van der Waals surface area contributed by atoms with Crippen LogP contribution in [0.15, 0.2) is 23.2 Å². The Morgan fingerprint density at radius 1 is 1.13 bits per heavy atom. The van der Waals surface area contributed by atoms with Crippen molar-refractivity contribution in [2.24, 2.45) is 22.7 Å². The van der Waals surface area contributed by atoms with Crippen molar-refractivity contribution in [3.63, 3.8) is 0 Å². The molecule has 3 nitrogen and oxygen atoms in total. The minimum Gasteiger partial charge on any atom is -0.504 e. The molecule has 0 aromatic carbocycles. The van der Waals surface area contributed by atoms with Crippen LogP contribution in [-0.4, -0.2) is 21.7 Å². The van der Waals surface area contributed by atoms with Crippen LogP contribution >= 0.6 is 0 Å². The molecule has 0 spiro atoms. The first-order valence-corrected chi connectivity index (χ1v) is 8.81. The van der Waals surface area contributed by atoms with E-state index in [9.17, 15) is 15.0 Å². The van der Waals surface area contributed by atoms with Gasteiger partial charge in [-0.25, -0.2) is 4.39 Å². The third-order valence-electron chi connectivity index (χ3n) is 7.71. The van der Waals surface area contributed by atoms with Gasteiger partial charge in [-0.2, -0.15) is 0 Å². The largest absolute Gasteiger partial charge is 0.504 e. The van der Waals surface area contributed by atoms with Crippen molar-refractivity contribution < 1.29 is 19.4 Å². The van der Waals surface area contributed by atoms with E-state index in [0.717, 1.165) is 32.1 Å². The second kappa shape index (κ2) is 4.40. The maximum Gasteiger partial charge on any atom is 0.214 e. The van der Waals surface area contributed by atoms with E-state index in [4.69, 9.17) is 0 Å². The number of Topliss-reactive ketones (excluding diaryl/α,β-unsaturated/α-hetero) is 1. The SMILES string of the molecule is C[C@@]12CCC[C@H]1[C@@H]1CCC3=CC(O)=C(O)C(=O)[C@]3(C)[C@@]1(F)CC2. The van der Waals surface area contributed by atoms with Crippen LogP contribution in [0.3, 0.4) is 0 Å². The number of alkyl halides is 1. The van der Waals surface area contributed by atoms with Gasteiger partial charge >= 0.3 is 0 Å². The van der Waals surface area contributed by atoms with Crippen LogP contribution in [0.4, 0.5) is 4.39 Å². The third-order valence-corrected chi connectivity index (χ3v) is 7.71. The summed E-state index contributed by atoms with van der Waals surface area (Å²) in [6.07, 6.45) is 7.31.